The van der Waals surface area contributed by atoms with Gasteiger partial charge in [-0.05, 0) is 67.6 Å². The number of carbonyl (C=O) groups is 1. The molecule has 1 atom stereocenters. The normalized spacial score (nSPS) is 18.8. The van der Waals surface area contributed by atoms with Gasteiger partial charge >= 0.3 is 0 Å². The van der Waals surface area contributed by atoms with E-state index in [9.17, 15) is 4.79 Å². The summed E-state index contributed by atoms with van der Waals surface area (Å²) in [7, 11) is 0. The van der Waals surface area contributed by atoms with Gasteiger partial charge in [-0.2, -0.15) is 0 Å². The number of likely N-dealkylation sites (tertiary alicyclic amines) is 1. The fourth-order valence-electron chi connectivity index (χ4n) is 3.94. The third-order valence-corrected chi connectivity index (χ3v) is 5.54. The quantitative estimate of drug-likeness (QED) is 0.735. The minimum absolute atomic E-state index is 0.0870. The molecule has 0 aromatic heterocycles. The second-order valence-electron chi connectivity index (χ2n) is 7.64. The zero-order chi connectivity index (χ0) is 22.3. The Bertz CT molecular complexity index is 1110. The highest BCUT2D eigenvalue weighted by Gasteiger charge is 2.30. The summed E-state index contributed by atoms with van der Waals surface area (Å²) in [5.41, 5.74) is 8.86. The maximum absolute atomic E-state index is 12.3. The first-order chi connectivity index (χ1) is 15.7. The standard InChI is InChI=1S/C26H26N4O2/c1-2-7-25(31)30-16-6-8-21(30)19-29-17-15-28-18-24(29)26(27)20-11-13-23(14-12-20)32-22-9-4-3-5-10-22/h3-5,9-15,17-18,21H,6,8,16,19,27H2,1H3/b26-24-/t21-/m0/s1. The molecule has 2 aromatic carbocycles. The first kappa shape index (κ1) is 21.3. The van der Waals surface area contributed by atoms with Crippen molar-refractivity contribution in [2.24, 2.45) is 10.7 Å². The van der Waals surface area contributed by atoms with Crippen LogP contribution in [0.5, 0.6) is 11.5 Å². The van der Waals surface area contributed by atoms with E-state index in [0.717, 1.165) is 42.1 Å². The van der Waals surface area contributed by atoms with Crippen LogP contribution >= 0.6 is 0 Å². The average Bonchev–Trinajstić information content (AvgIpc) is 3.29. The van der Waals surface area contributed by atoms with Gasteiger partial charge in [-0.15, -0.1) is 0 Å². The molecule has 6 nitrogen and oxygen atoms in total. The summed E-state index contributed by atoms with van der Waals surface area (Å²) < 4.78 is 5.87. The van der Waals surface area contributed by atoms with Gasteiger partial charge in [-0.3, -0.25) is 9.79 Å². The molecule has 1 saturated heterocycles. The van der Waals surface area contributed by atoms with Gasteiger partial charge in [0.2, 0.25) is 0 Å². The summed E-state index contributed by atoms with van der Waals surface area (Å²) in [6, 6.07) is 17.4. The van der Waals surface area contributed by atoms with Crippen LogP contribution in [0, 0.1) is 11.8 Å². The Balaban J connectivity index is 1.51. The molecule has 2 heterocycles. The third-order valence-electron chi connectivity index (χ3n) is 5.54. The van der Waals surface area contributed by atoms with Gasteiger partial charge in [-0.25, -0.2) is 0 Å². The largest absolute Gasteiger partial charge is 0.457 e. The van der Waals surface area contributed by atoms with Crippen LogP contribution in [0.2, 0.25) is 0 Å². The number of allylic oxidation sites excluding steroid dienone is 1. The van der Waals surface area contributed by atoms with Crippen molar-refractivity contribution < 1.29 is 9.53 Å². The second kappa shape index (κ2) is 9.88. The molecule has 2 aliphatic rings. The summed E-state index contributed by atoms with van der Waals surface area (Å²) >= 11 is 0. The van der Waals surface area contributed by atoms with Crippen LogP contribution in [0.3, 0.4) is 0 Å². The Morgan fingerprint density at radius 1 is 1.16 bits per heavy atom. The highest BCUT2D eigenvalue weighted by Crippen LogP contribution is 2.26. The van der Waals surface area contributed by atoms with Crippen molar-refractivity contribution in [2.45, 2.75) is 25.8 Å². The highest BCUT2D eigenvalue weighted by molar-refractivity contribution is 5.94. The highest BCUT2D eigenvalue weighted by atomic mass is 16.5. The number of para-hydroxylation sites is 1. The van der Waals surface area contributed by atoms with Crippen molar-refractivity contribution in [1.82, 2.24) is 9.80 Å². The number of amides is 1. The maximum atomic E-state index is 12.3. The van der Waals surface area contributed by atoms with Crippen molar-refractivity contribution >= 4 is 17.8 Å². The van der Waals surface area contributed by atoms with E-state index in [1.54, 1.807) is 19.3 Å². The van der Waals surface area contributed by atoms with Gasteiger partial charge in [0.25, 0.3) is 5.91 Å². The van der Waals surface area contributed by atoms with Gasteiger partial charge in [0.15, 0.2) is 0 Å². The first-order valence-corrected chi connectivity index (χ1v) is 10.7. The summed E-state index contributed by atoms with van der Waals surface area (Å²) in [6.45, 7) is 3.07. The van der Waals surface area contributed by atoms with Crippen LogP contribution in [0.4, 0.5) is 0 Å². The Labute approximate surface area is 188 Å². The Kier molecular flexibility index (Phi) is 6.57. The Morgan fingerprint density at radius 2 is 1.91 bits per heavy atom. The zero-order valence-corrected chi connectivity index (χ0v) is 18.1. The number of hydrogen-bond acceptors (Lipinski definition) is 5. The molecule has 4 rings (SSSR count). The zero-order valence-electron chi connectivity index (χ0n) is 18.1. The predicted octanol–water partition coefficient (Wildman–Crippen LogP) is 3.98. The van der Waals surface area contributed by atoms with Crippen LogP contribution in [0.1, 0.15) is 25.3 Å². The van der Waals surface area contributed by atoms with Crippen molar-refractivity contribution in [3.63, 3.8) is 0 Å². The van der Waals surface area contributed by atoms with E-state index in [1.165, 1.54) is 0 Å². The molecule has 0 unspecified atom stereocenters. The van der Waals surface area contributed by atoms with Gasteiger partial charge in [-0.1, -0.05) is 24.1 Å². The van der Waals surface area contributed by atoms with Gasteiger partial charge < -0.3 is 20.3 Å². The minimum atomic E-state index is -0.114. The molecule has 0 radical (unpaired) electrons. The predicted molar refractivity (Wildman–Crippen MR) is 127 cm³/mol. The van der Waals surface area contributed by atoms with Crippen molar-refractivity contribution in [1.29, 1.82) is 0 Å². The Morgan fingerprint density at radius 3 is 2.66 bits per heavy atom. The van der Waals surface area contributed by atoms with Crippen LogP contribution < -0.4 is 10.5 Å². The van der Waals surface area contributed by atoms with Gasteiger partial charge in [0, 0.05) is 25.5 Å². The van der Waals surface area contributed by atoms with E-state index in [1.807, 2.05) is 65.7 Å². The minimum Gasteiger partial charge on any atom is -0.457 e. The number of nitrogens with zero attached hydrogens (tertiary/aromatic N) is 3. The molecular weight excluding hydrogens is 400 g/mol. The number of carbonyl (C=O) groups excluding carboxylic acids is 1. The molecule has 0 bridgehead atoms. The van der Waals surface area contributed by atoms with Crippen LogP contribution in [-0.2, 0) is 4.79 Å². The molecule has 2 N–H and O–H groups in total. The number of benzene rings is 2. The van der Waals surface area contributed by atoms with Crippen molar-refractivity contribution in [3.05, 3.63) is 78.3 Å². The smallest absolute Gasteiger partial charge is 0.298 e. The van der Waals surface area contributed by atoms with E-state index in [0.29, 0.717) is 12.2 Å². The average molecular weight is 427 g/mol. The van der Waals surface area contributed by atoms with Crippen LogP contribution in [-0.4, -0.2) is 41.1 Å². The Hall–Kier alpha value is -3.98. The lowest BCUT2D eigenvalue weighted by atomic mass is 10.1. The molecule has 0 spiro atoms. The van der Waals surface area contributed by atoms with Gasteiger partial charge in [0.1, 0.15) is 11.5 Å². The summed E-state index contributed by atoms with van der Waals surface area (Å²) in [5, 5.41) is 0. The van der Waals surface area contributed by atoms with Gasteiger partial charge in [0.05, 0.1) is 23.7 Å². The number of rotatable bonds is 5. The number of hydrogen-bond donors (Lipinski definition) is 1. The van der Waals surface area contributed by atoms with E-state index in [4.69, 9.17) is 10.5 Å². The number of nitrogens with two attached hydrogens (primary N) is 1. The molecule has 1 fully saturated rings. The monoisotopic (exact) mass is 426 g/mol. The molecule has 0 saturated carbocycles. The lowest BCUT2D eigenvalue weighted by Crippen LogP contribution is -2.42. The molecule has 1 amide bonds. The topological polar surface area (TPSA) is 71.2 Å². The molecule has 32 heavy (non-hydrogen) atoms. The van der Waals surface area contributed by atoms with Crippen LogP contribution in [0.15, 0.2) is 77.7 Å². The van der Waals surface area contributed by atoms with E-state index in [2.05, 4.69) is 21.7 Å². The lowest BCUT2D eigenvalue weighted by molar-refractivity contribution is -0.126. The fraction of sp³-hybridized carbons (Fsp3) is 0.231. The molecule has 6 heteroatoms. The van der Waals surface area contributed by atoms with Crippen molar-refractivity contribution in [3.8, 4) is 23.3 Å². The molecule has 0 aliphatic carbocycles. The van der Waals surface area contributed by atoms with E-state index < -0.39 is 0 Å². The lowest BCUT2D eigenvalue weighted by Gasteiger charge is -2.31. The summed E-state index contributed by atoms with van der Waals surface area (Å²) in [4.78, 5) is 20.5. The fourth-order valence-corrected chi connectivity index (χ4v) is 3.94. The van der Waals surface area contributed by atoms with E-state index >= 15 is 0 Å². The number of aliphatic imine (C=N–C) groups is 1. The van der Waals surface area contributed by atoms with E-state index in [-0.39, 0.29) is 11.9 Å². The SMILES string of the molecule is CC#CC(=O)N1CCC[C@H]1CN1C=CN=C/C1=C(/N)c1ccc(Oc2ccccc2)cc1. The summed E-state index contributed by atoms with van der Waals surface area (Å²) in [6.07, 6.45) is 7.32. The molecular formula is C26H26N4O2. The van der Waals surface area contributed by atoms with Crippen molar-refractivity contribution in [2.75, 3.05) is 13.1 Å². The number of ether oxygens (including phenoxy) is 1. The molecule has 2 aromatic rings. The third kappa shape index (κ3) is 4.84. The molecule has 2 aliphatic heterocycles. The first-order valence-electron chi connectivity index (χ1n) is 10.7. The molecule has 162 valence electrons. The summed E-state index contributed by atoms with van der Waals surface area (Å²) in [5.74, 6) is 6.78. The maximum Gasteiger partial charge on any atom is 0.298 e. The second-order valence-corrected chi connectivity index (χ2v) is 7.64. The van der Waals surface area contributed by atoms with Crippen LogP contribution in [0.25, 0.3) is 5.70 Å².